The molecule has 0 aliphatic carbocycles. The maximum absolute atomic E-state index is 10.8. The molecule has 5 heteroatoms. The molecule has 1 atom stereocenters. The molecule has 0 amide bonds. The molecule has 0 fully saturated rings. The molecule has 3 nitrogen and oxygen atoms in total. The van der Waals surface area contributed by atoms with Gasteiger partial charge in [-0.05, 0) is 30.8 Å². The van der Waals surface area contributed by atoms with E-state index < -0.39 is 5.97 Å². The Balaban J connectivity index is 2.64. The first-order chi connectivity index (χ1) is 7.90. The highest BCUT2D eigenvalue weighted by atomic mass is 79.9. The number of carbonyl (C=O) groups is 1. The van der Waals surface area contributed by atoms with E-state index in [1.54, 1.807) is 6.92 Å². The van der Waals surface area contributed by atoms with Crippen LogP contribution in [0.15, 0.2) is 22.7 Å². The molecule has 0 aliphatic heterocycles. The van der Waals surface area contributed by atoms with Crippen molar-refractivity contribution in [1.82, 2.24) is 4.90 Å². The zero-order valence-electron chi connectivity index (χ0n) is 9.78. The quantitative estimate of drug-likeness (QED) is 0.905. The number of halogens is 2. The van der Waals surface area contributed by atoms with E-state index in [9.17, 15) is 4.79 Å². The van der Waals surface area contributed by atoms with Crippen LogP contribution in [0.3, 0.4) is 0 Å². The summed E-state index contributed by atoms with van der Waals surface area (Å²) in [6, 6.07) is 5.59. The van der Waals surface area contributed by atoms with Crippen LogP contribution in [0.1, 0.15) is 12.5 Å². The number of nitrogens with zero attached hydrogens (tertiary/aromatic N) is 1. The smallest absolute Gasteiger partial charge is 0.307 e. The summed E-state index contributed by atoms with van der Waals surface area (Å²) in [5, 5.41) is 9.52. The predicted molar refractivity (Wildman–Crippen MR) is 72.3 cm³/mol. The third kappa shape index (κ3) is 4.66. The molecule has 0 heterocycles. The fraction of sp³-hybridized carbons (Fsp3) is 0.417. The Bertz CT molecular complexity index is 411. The van der Waals surface area contributed by atoms with Gasteiger partial charge in [-0.3, -0.25) is 4.79 Å². The number of aliphatic carboxylic acids is 1. The van der Waals surface area contributed by atoms with E-state index in [2.05, 4.69) is 15.9 Å². The zero-order valence-corrected chi connectivity index (χ0v) is 12.1. The van der Waals surface area contributed by atoms with Crippen LogP contribution >= 0.6 is 27.5 Å². The Morgan fingerprint density at radius 3 is 2.82 bits per heavy atom. The number of carboxylic acids is 1. The Morgan fingerprint density at radius 1 is 1.59 bits per heavy atom. The Morgan fingerprint density at radius 2 is 2.24 bits per heavy atom. The first kappa shape index (κ1) is 14.5. The van der Waals surface area contributed by atoms with E-state index in [0.717, 1.165) is 10.0 Å². The molecule has 0 aromatic heterocycles. The van der Waals surface area contributed by atoms with Crippen LogP contribution in [0.25, 0.3) is 0 Å². The van der Waals surface area contributed by atoms with Crippen LogP contribution in [0.2, 0.25) is 5.02 Å². The molecule has 1 aromatic carbocycles. The summed E-state index contributed by atoms with van der Waals surface area (Å²) >= 11 is 9.38. The zero-order chi connectivity index (χ0) is 13.0. The number of carboxylic acid groups (broad SMARTS) is 1. The summed E-state index contributed by atoms with van der Waals surface area (Å²) in [6.07, 6.45) is 0. The highest BCUT2D eigenvalue weighted by Crippen LogP contribution is 2.22. The standard InChI is InChI=1S/C12H15BrClNO2/c1-8(12(16)17)6-15(2)7-9-5-10(14)3-4-11(9)13/h3-5,8H,6-7H2,1-2H3,(H,16,17). The van der Waals surface area contributed by atoms with Crippen LogP contribution in [0.5, 0.6) is 0 Å². The van der Waals surface area contributed by atoms with Gasteiger partial charge in [-0.2, -0.15) is 0 Å². The highest BCUT2D eigenvalue weighted by Gasteiger charge is 2.14. The number of benzene rings is 1. The van der Waals surface area contributed by atoms with Crippen molar-refractivity contribution in [2.75, 3.05) is 13.6 Å². The van der Waals surface area contributed by atoms with Crippen molar-refractivity contribution in [3.05, 3.63) is 33.3 Å². The van der Waals surface area contributed by atoms with Crippen molar-refractivity contribution in [1.29, 1.82) is 0 Å². The lowest BCUT2D eigenvalue weighted by Gasteiger charge is -2.19. The molecule has 0 saturated heterocycles. The Kier molecular flexibility index (Phi) is 5.43. The van der Waals surface area contributed by atoms with E-state index in [0.29, 0.717) is 18.1 Å². The van der Waals surface area contributed by atoms with Crippen LogP contribution in [-0.2, 0) is 11.3 Å². The van der Waals surface area contributed by atoms with E-state index in [1.165, 1.54) is 0 Å². The van der Waals surface area contributed by atoms with Gasteiger partial charge in [-0.1, -0.05) is 34.5 Å². The summed E-state index contributed by atoms with van der Waals surface area (Å²) in [6.45, 7) is 2.87. The average molecular weight is 321 g/mol. The first-order valence-corrected chi connectivity index (χ1v) is 6.42. The van der Waals surface area contributed by atoms with E-state index in [1.807, 2.05) is 30.1 Å². The number of hydrogen-bond acceptors (Lipinski definition) is 2. The monoisotopic (exact) mass is 319 g/mol. The van der Waals surface area contributed by atoms with Gasteiger partial charge in [0.2, 0.25) is 0 Å². The van der Waals surface area contributed by atoms with Crippen LogP contribution in [0.4, 0.5) is 0 Å². The van der Waals surface area contributed by atoms with Crippen molar-refractivity contribution >= 4 is 33.5 Å². The molecule has 1 N–H and O–H groups in total. The first-order valence-electron chi connectivity index (χ1n) is 5.25. The SMILES string of the molecule is CC(CN(C)Cc1cc(Cl)ccc1Br)C(=O)O. The molecule has 1 rings (SSSR count). The average Bonchev–Trinajstić information content (AvgIpc) is 2.23. The maximum atomic E-state index is 10.8. The van der Waals surface area contributed by atoms with Crippen LogP contribution in [0, 0.1) is 5.92 Å². The predicted octanol–water partition coefficient (Wildman–Crippen LogP) is 3.26. The minimum absolute atomic E-state index is 0.377. The Labute approximate surface area is 115 Å². The van der Waals surface area contributed by atoms with Crippen molar-refractivity contribution in [2.45, 2.75) is 13.5 Å². The van der Waals surface area contributed by atoms with Gasteiger partial charge in [0.1, 0.15) is 0 Å². The summed E-state index contributed by atoms with van der Waals surface area (Å²) in [5.41, 5.74) is 1.05. The minimum Gasteiger partial charge on any atom is -0.481 e. The third-order valence-electron chi connectivity index (χ3n) is 2.46. The lowest BCUT2D eigenvalue weighted by atomic mass is 10.1. The molecular formula is C12H15BrClNO2. The molecular weight excluding hydrogens is 305 g/mol. The molecule has 94 valence electrons. The van der Waals surface area contributed by atoms with Gasteiger partial charge in [0.25, 0.3) is 0 Å². The second kappa shape index (κ2) is 6.38. The minimum atomic E-state index is -0.776. The lowest BCUT2D eigenvalue weighted by molar-refractivity contribution is -0.141. The highest BCUT2D eigenvalue weighted by molar-refractivity contribution is 9.10. The fourth-order valence-electron chi connectivity index (χ4n) is 1.57. The van der Waals surface area contributed by atoms with Gasteiger partial charge in [-0.25, -0.2) is 0 Å². The van der Waals surface area contributed by atoms with Gasteiger partial charge < -0.3 is 10.0 Å². The molecule has 0 spiro atoms. The molecule has 0 radical (unpaired) electrons. The van der Waals surface area contributed by atoms with Crippen molar-refractivity contribution < 1.29 is 9.90 Å². The van der Waals surface area contributed by atoms with Gasteiger partial charge in [-0.15, -0.1) is 0 Å². The van der Waals surface area contributed by atoms with E-state index in [-0.39, 0.29) is 5.92 Å². The topological polar surface area (TPSA) is 40.5 Å². The van der Waals surface area contributed by atoms with Gasteiger partial charge in [0.05, 0.1) is 5.92 Å². The van der Waals surface area contributed by atoms with Crippen molar-refractivity contribution in [2.24, 2.45) is 5.92 Å². The summed E-state index contributed by atoms with van der Waals surface area (Å²) < 4.78 is 0.983. The molecule has 1 unspecified atom stereocenters. The van der Waals surface area contributed by atoms with Gasteiger partial charge in [0, 0.05) is 22.6 Å². The van der Waals surface area contributed by atoms with E-state index >= 15 is 0 Å². The van der Waals surface area contributed by atoms with Crippen LogP contribution < -0.4 is 0 Å². The maximum Gasteiger partial charge on any atom is 0.307 e. The molecule has 17 heavy (non-hydrogen) atoms. The number of hydrogen-bond donors (Lipinski definition) is 1. The summed E-state index contributed by atoms with van der Waals surface area (Å²) in [5.74, 6) is -1.15. The van der Waals surface area contributed by atoms with Gasteiger partial charge >= 0.3 is 5.97 Å². The summed E-state index contributed by atoms with van der Waals surface area (Å²) in [7, 11) is 1.90. The lowest BCUT2D eigenvalue weighted by Crippen LogP contribution is -2.28. The normalized spacial score (nSPS) is 12.8. The largest absolute Gasteiger partial charge is 0.481 e. The summed E-state index contributed by atoms with van der Waals surface area (Å²) in [4.78, 5) is 12.7. The second-order valence-electron chi connectivity index (χ2n) is 4.17. The fourth-order valence-corrected chi connectivity index (χ4v) is 2.13. The van der Waals surface area contributed by atoms with Gasteiger partial charge in [0.15, 0.2) is 0 Å². The Hall–Kier alpha value is -0.580. The number of rotatable bonds is 5. The molecule has 1 aromatic rings. The third-order valence-corrected chi connectivity index (χ3v) is 3.46. The molecule has 0 aliphatic rings. The molecule has 0 saturated carbocycles. The van der Waals surface area contributed by atoms with Crippen molar-refractivity contribution in [3.8, 4) is 0 Å². The molecule has 0 bridgehead atoms. The second-order valence-corrected chi connectivity index (χ2v) is 5.46. The van der Waals surface area contributed by atoms with E-state index in [4.69, 9.17) is 16.7 Å². The van der Waals surface area contributed by atoms with Crippen LogP contribution in [-0.4, -0.2) is 29.6 Å². The van der Waals surface area contributed by atoms with Crippen molar-refractivity contribution in [3.63, 3.8) is 0 Å².